The number of carbonyl (C=O) groups is 2. The van der Waals surface area contributed by atoms with Gasteiger partial charge in [0, 0.05) is 24.5 Å². The molecule has 24 heavy (non-hydrogen) atoms. The summed E-state index contributed by atoms with van der Waals surface area (Å²) >= 11 is 0. The van der Waals surface area contributed by atoms with Crippen molar-refractivity contribution in [1.29, 1.82) is 0 Å². The van der Waals surface area contributed by atoms with Crippen LogP contribution < -0.4 is 10.6 Å². The molecule has 2 N–H and O–H groups in total. The molecule has 138 valence electrons. The summed E-state index contributed by atoms with van der Waals surface area (Å²) in [7, 11) is 3.83. The Labute approximate surface area is 143 Å². The van der Waals surface area contributed by atoms with Crippen molar-refractivity contribution in [1.82, 2.24) is 15.5 Å². The van der Waals surface area contributed by atoms with E-state index in [9.17, 15) is 9.59 Å². The maximum atomic E-state index is 12.3. The van der Waals surface area contributed by atoms with Crippen LogP contribution in [-0.4, -0.2) is 62.3 Å². The SMILES string of the molecule is CN(C)CCNC(=O)[C@H](CCCCN=[N+]=[N-])NC(=O)OC(C)(C)C. The van der Waals surface area contributed by atoms with Crippen molar-refractivity contribution in [2.75, 3.05) is 33.7 Å². The highest BCUT2D eigenvalue weighted by atomic mass is 16.6. The number of azide groups is 1. The van der Waals surface area contributed by atoms with Crippen LogP contribution in [0.2, 0.25) is 0 Å². The van der Waals surface area contributed by atoms with Crippen molar-refractivity contribution in [2.24, 2.45) is 5.11 Å². The highest BCUT2D eigenvalue weighted by Crippen LogP contribution is 2.08. The van der Waals surface area contributed by atoms with Crippen molar-refractivity contribution in [3.63, 3.8) is 0 Å². The first-order valence-electron chi connectivity index (χ1n) is 8.08. The summed E-state index contributed by atoms with van der Waals surface area (Å²) < 4.78 is 5.20. The molecule has 0 aromatic heterocycles. The maximum Gasteiger partial charge on any atom is 0.408 e. The van der Waals surface area contributed by atoms with Crippen LogP contribution in [0.15, 0.2) is 5.11 Å². The summed E-state index contributed by atoms with van der Waals surface area (Å²) in [5, 5.41) is 8.87. The van der Waals surface area contributed by atoms with Gasteiger partial charge in [0.2, 0.25) is 5.91 Å². The summed E-state index contributed by atoms with van der Waals surface area (Å²) in [6.45, 7) is 6.87. The molecule has 0 spiro atoms. The average Bonchev–Trinajstić information content (AvgIpc) is 2.43. The normalized spacial score (nSPS) is 12.2. The fraction of sp³-hybridized carbons (Fsp3) is 0.867. The van der Waals surface area contributed by atoms with Gasteiger partial charge < -0.3 is 20.3 Å². The van der Waals surface area contributed by atoms with E-state index in [0.717, 1.165) is 0 Å². The number of hydrogen-bond acceptors (Lipinski definition) is 5. The third-order valence-corrected chi connectivity index (χ3v) is 2.93. The van der Waals surface area contributed by atoms with E-state index in [1.807, 2.05) is 19.0 Å². The van der Waals surface area contributed by atoms with Gasteiger partial charge in [0.1, 0.15) is 11.6 Å². The first kappa shape index (κ1) is 22.0. The lowest BCUT2D eigenvalue weighted by Crippen LogP contribution is -2.49. The van der Waals surface area contributed by atoms with Gasteiger partial charge in [0.05, 0.1) is 0 Å². The molecule has 2 amide bonds. The van der Waals surface area contributed by atoms with Gasteiger partial charge in [-0.25, -0.2) is 4.79 Å². The Morgan fingerprint density at radius 3 is 2.50 bits per heavy atom. The van der Waals surface area contributed by atoms with E-state index in [1.165, 1.54) is 0 Å². The Morgan fingerprint density at radius 1 is 1.29 bits per heavy atom. The molecule has 0 aromatic rings. The molecule has 0 saturated heterocycles. The Balaban J connectivity index is 4.53. The molecule has 0 aliphatic heterocycles. The smallest absolute Gasteiger partial charge is 0.408 e. The molecular weight excluding hydrogens is 312 g/mol. The highest BCUT2D eigenvalue weighted by Gasteiger charge is 2.23. The molecule has 0 heterocycles. The summed E-state index contributed by atoms with van der Waals surface area (Å²) in [5.74, 6) is -0.244. The average molecular weight is 342 g/mol. The van der Waals surface area contributed by atoms with E-state index in [2.05, 4.69) is 20.7 Å². The van der Waals surface area contributed by atoms with E-state index in [0.29, 0.717) is 38.9 Å². The quantitative estimate of drug-likeness (QED) is 0.273. The molecule has 0 fully saturated rings. The van der Waals surface area contributed by atoms with Crippen molar-refractivity contribution in [3.8, 4) is 0 Å². The zero-order chi connectivity index (χ0) is 18.6. The predicted octanol–water partition coefficient (Wildman–Crippen LogP) is 2.04. The van der Waals surface area contributed by atoms with Crippen LogP contribution in [0, 0.1) is 0 Å². The van der Waals surface area contributed by atoms with E-state index >= 15 is 0 Å². The van der Waals surface area contributed by atoms with Crippen molar-refractivity contribution < 1.29 is 14.3 Å². The van der Waals surface area contributed by atoms with Crippen LogP contribution in [0.3, 0.4) is 0 Å². The summed E-state index contributed by atoms with van der Waals surface area (Å²) in [4.78, 5) is 28.8. The van der Waals surface area contributed by atoms with Crippen LogP contribution >= 0.6 is 0 Å². The number of carbonyl (C=O) groups excluding carboxylic acids is 2. The Bertz CT molecular complexity index is 441. The number of nitrogens with one attached hydrogen (secondary N) is 2. The van der Waals surface area contributed by atoms with Crippen LogP contribution in [0.5, 0.6) is 0 Å². The van der Waals surface area contributed by atoms with Crippen molar-refractivity contribution >= 4 is 12.0 Å². The number of nitrogens with zero attached hydrogens (tertiary/aromatic N) is 4. The molecule has 9 nitrogen and oxygen atoms in total. The highest BCUT2D eigenvalue weighted by molar-refractivity contribution is 5.85. The molecule has 0 unspecified atom stereocenters. The fourth-order valence-electron chi connectivity index (χ4n) is 1.82. The molecule has 0 aliphatic rings. The minimum atomic E-state index is -0.673. The lowest BCUT2D eigenvalue weighted by molar-refractivity contribution is -0.123. The van der Waals surface area contributed by atoms with Gasteiger partial charge in [0.25, 0.3) is 0 Å². The Morgan fingerprint density at radius 2 is 1.96 bits per heavy atom. The predicted molar refractivity (Wildman–Crippen MR) is 92.6 cm³/mol. The van der Waals surface area contributed by atoms with Gasteiger partial charge in [-0.1, -0.05) is 11.5 Å². The molecule has 9 heteroatoms. The van der Waals surface area contributed by atoms with Crippen LogP contribution in [0.1, 0.15) is 40.0 Å². The topological polar surface area (TPSA) is 119 Å². The Kier molecular flexibility index (Phi) is 10.6. The molecule has 0 rings (SSSR count). The van der Waals surface area contributed by atoms with E-state index in [-0.39, 0.29) is 5.91 Å². The zero-order valence-electron chi connectivity index (χ0n) is 15.3. The van der Waals surface area contributed by atoms with Crippen molar-refractivity contribution in [3.05, 3.63) is 10.4 Å². The number of amides is 2. The minimum absolute atomic E-state index is 0.244. The number of ether oxygens (including phenoxy) is 1. The second-order valence-corrected chi connectivity index (χ2v) is 6.74. The lowest BCUT2D eigenvalue weighted by Gasteiger charge is -2.23. The Hall–Kier alpha value is -1.99. The molecule has 0 saturated carbocycles. The first-order chi connectivity index (χ1) is 11.2. The minimum Gasteiger partial charge on any atom is -0.444 e. The van der Waals surface area contributed by atoms with Gasteiger partial charge in [0.15, 0.2) is 0 Å². The lowest BCUT2D eigenvalue weighted by atomic mass is 10.1. The standard InChI is InChI=1S/C15H30N6O3/c1-15(2,3)24-14(23)19-12(8-6-7-9-18-20-16)13(22)17-10-11-21(4)5/h12H,6-11H2,1-5H3,(H,17,22)(H,19,23)/t12-/m0/s1. The van der Waals surface area contributed by atoms with Crippen LogP contribution in [0.4, 0.5) is 4.79 Å². The van der Waals surface area contributed by atoms with Gasteiger partial charge in [-0.3, -0.25) is 4.79 Å². The maximum absolute atomic E-state index is 12.3. The van der Waals surface area contributed by atoms with Gasteiger partial charge >= 0.3 is 6.09 Å². The number of hydrogen-bond donors (Lipinski definition) is 2. The number of alkyl carbamates (subject to hydrolysis) is 1. The number of unbranched alkanes of at least 4 members (excludes halogenated alkanes) is 1. The second kappa shape index (κ2) is 11.5. The number of likely N-dealkylation sites (N-methyl/N-ethyl adjacent to an activating group) is 1. The van der Waals surface area contributed by atoms with Crippen molar-refractivity contribution in [2.45, 2.75) is 51.7 Å². The molecule has 0 radical (unpaired) electrons. The largest absolute Gasteiger partial charge is 0.444 e. The third-order valence-electron chi connectivity index (χ3n) is 2.93. The monoisotopic (exact) mass is 342 g/mol. The molecule has 0 aromatic carbocycles. The van der Waals surface area contributed by atoms with Crippen LogP contribution in [0.25, 0.3) is 10.4 Å². The van der Waals surface area contributed by atoms with Crippen LogP contribution in [-0.2, 0) is 9.53 Å². The van der Waals surface area contributed by atoms with Gasteiger partial charge in [-0.2, -0.15) is 0 Å². The van der Waals surface area contributed by atoms with E-state index < -0.39 is 17.7 Å². The van der Waals surface area contributed by atoms with E-state index in [4.69, 9.17) is 10.3 Å². The second-order valence-electron chi connectivity index (χ2n) is 6.74. The molecule has 0 aliphatic carbocycles. The summed E-state index contributed by atoms with van der Waals surface area (Å²) in [5.41, 5.74) is 7.62. The summed E-state index contributed by atoms with van der Waals surface area (Å²) in [6.07, 6.45) is 1.14. The summed E-state index contributed by atoms with van der Waals surface area (Å²) in [6, 6.07) is -0.673. The van der Waals surface area contributed by atoms with Gasteiger partial charge in [-0.15, -0.1) is 0 Å². The van der Waals surface area contributed by atoms with Gasteiger partial charge in [-0.05, 0) is 53.2 Å². The van der Waals surface area contributed by atoms with E-state index in [1.54, 1.807) is 20.8 Å². The molecular formula is C15H30N6O3. The molecule has 1 atom stereocenters. The number of rotatable bonds is 10. The molecule has 0 bridgehead atoms. The fourth-order valence-corrected chi connectivity index (χ4v) is 1.82. The zero-order valence-corrected chi connectivity index (χ0v) is 15.3. The third kappa shape index (κ3) is 12.5. The first-order valence-corrected chi connectivity index (χ1v) is 8.08.